The fourth-order valence-electron chi connectivity index (χ4n) is 2.11. The number of benzene rings is 1. The Morgan fingerprint density at radius 3 is 2.46 bits per heavy atom. The summed E-state index contributed by atoms with van der Waals surface area (Å²) < 4.78 is 0. The number of rotatable bonds is 9. The van der Waals surface area contributed by atoms with E-state index in [4.69, 9.17) is 5.11 Å². The van der Waals surface area contributed by atoms with E-state index in [0.29, 0.717) is 13.0 Å². The average Bonchev–Trinajstić information content (AvgIpc) is 2.53. The summed E-state index contributed by atoms with van der Waals surface area (Å²) in [5.74, 6) is -1.09. The van der Waals surface area contributed by atoms with Gasteiger partial charge in [0.25, 0.3) is 0 Å². The Morgan fingerprint density at radius 1 is 1.17 bits per heavy atom. The molecule has 1 unspecified atom stereocenters. The minimum Gasteiger partial charge on any atom is -0.481 e. The second-order valence-corrected chi connectivity index (χ2v) is 5.72. The molecule has 0 heterocycles. The summed E-state index contributed by atoms with van der Waals surface area (Å²) in [6.45, 7) is 2.48. The molecule has 7 nitrogen and oxygen atoms in total. The van der Waals surface area contributed by atoms with Crippen LogP contribution >= 0.6 is 0 Å². The molecule has 1 aromatic rings. The summed E-state index contributed by atoms with van der Waals surface area (Å²) in [6, 6.07) is 9.18. The molecule has 0 aliphatic heterocycles. The van der Waals surface area contributed by atoms with Gasteiger partial charge in [0.15, 0.2) is 0 Å². The summed E-state index contributed by atoms with van der Waals surface area (Å²) in [5, 5.41) is 14.0. The number of hydrogen-bond acceptors (Lipinski definition) is 3. The Labute approximate surface area is 142 Å². The van der Waals surface area contributed by atoms with E-state index in [1.807, 2.05) is 30.3 Å². The number of nitrogens with one attached hydrogen (secondary N) is 2. The van der Waals surface area contributed by atoms with Crippen LogP contribution in [0.2, 0.25) is 0 Å². The molecule has 0 fully saturated rings. The van der Waals surface area contributed by atoms with Gasteiger partial charge in [-0.2, -0.15) is 0 Å². The van der Waals surface area contributed by atoms with Gasteiger partial charge in [0.05, 0.1) is 0 Å². The summed E-state index contributed by atoms with van der Waals surface area (Å²) in [5.41, 5.74) is 1.03. The molecule has 1 aromatic carbocycles. The van der Waals surface area contributed by atoms with Gasteiger partial charge in [0.1, 0.15) is 0 Å². The highest BCUT2D eigenvalue weighted by atomic mass is 16.4. The van der Waals surface area contributed by atoms with E-state index in [9.17, 15) is 14.4 Å². The second kappa shape index (κ2) is 10.3. The minimum atomic E-state index is -0.884. The molecule has 0 bridgehead atoms. The number of hydrogen-bond donors (Lipinski definition) is 3. The molecular weight excluding hydrogens is 310 g/mol. The quantitative estimate of drug-likeness (QED) is 0.638. The maximum Gasteiger partial charge on any atom is 0.317 e. The zero-order valence-electron chi connectivity index (χ0n) is 14.1. The number of amides is 3. The third kappa shape index (κ3) is 8.17. The van der Waals surface area contributed by atoms with Crippen LogP contribution in [-0.2, 0) is 16.1 Å². The van der Waals surface area contributed by atoms with Gasteiger partial charge in [-0.3, -0.25) is 9.59 Å². The van der Waals surface area contributed by atoms with Crippen molar-refractivity contribution in [1.29, 1.82) is 0 Å². The molecule has 0 aliphatic rings. The lowest BCUT2D eigenvalue weighted by Crippen LogP contribution is -2.40. The van der Waals surface area contributed by atoms with Crippen molar-refractivity contribution in [1.82, 2.24) is 15.5 Å². The molecule has 132 valence electrons. The van der Waals surface area contributed by atoms with Crippen LogP contribution in [0.15, 0.2) is 30.3 Å². The molecular formula is C17H25N3O4. The van der Waals surface area contributed by atoms with Crippen molar-refractivity contribution in [2.75, 3.05) is 13.6 Å². The summed E-state index contributed by atoms with van der Waals surface area (Å²) in [6.07, 6.45) is 0.554. The molecule has 0 spiro atoms. The lowest BCUT2D eigenvalue weighted by molar-refractivity contribution is -0.137. The van der Waals surface area contributed by atoms with Crippen LogP contribution in [0.3, 0.4) is 0 Å². The van der Waals surface area contributed by atoms with Gasteiger partial charge in [-0.1, -0.05) is 30.3 Å². The van der Waals surface area contributed by atoms with Crippen LogP contribution in [0.5, 0.6) is 0 Å². The van der Waals surface area contributed by atoms with E-state index < -0.39 is 5.97 Å². The van der Waals surface area contributed by atoms with E-state index in [2.05, 4.69) is 10.6 Å². The van der Waals surface area contributed by atoms with Gasteiger partial charge >= 0.3 is 12.0 Å². The van der Waals surface area contributed by atoms with Gasteiger partial charge in [0.2, 0.25) is 5.91 Å². The first kappa shape index (κ1) is 19.5. The highest BCUT2D eigenvalue weighted by molar-refractivity contribution is 5.78. The van der Waals surface area contributed by atoms with E-state index in [1.165, 1.54) is 0 Å². The number of carbonyl (C=O) groups excluding carboxylic acids is 2. The van der Waals surface area contributed by atoms with E-state index in [-0.39, 0.29) is 37.4 Å². The fraction of sp³-hybridized carbons (Fsp3) is 0.471. The maximum absolute atomic E-state index is 11.9. The van der Waals surface area contributed by atoms with Crippen LogP contribution in [0.4, 0.5) is 4.79 Å². The van der Waals surface area contributed by atoms with Crippen LogP contribution in [0.25, 0.3) is 0 Å². The summed E-state index contributed by atoms with van der Waals surface area (Å²) in [4.78, 5) is 35.7. The Balaban J connectivity index is 2.22. The molecule has 0 aliphatic carbocycles. The van der Waals surface area contributed by atoms with Crippen molar-refractivity contribution >= 4 is 17.9 Å². The number of nitrogens with zero attached hydrogens (tertiary/aromatic N) is 1. The van der Waals surface area contributed by atoms with Crippen molar-refractivity contribution in [2.24, 2.45) is 0 Å². The van der Waals surface area contributed by atoms with Gasteiger partial charge in [-0.25, -0.2) is 4.79 Å². The minimum absolute atomic E-state index is 0.0163. The highest BCUT2D eigenvalue weighted by Gasteiger charge is 2.11. The SMILES string of the molecule is CC(CCC(=O)O)NC(=O)CCNC(=O)N(C)Cc1ccccc1. The average molecular weight is 335 g/mol. The number of carboxylic acid groups (broad SMARTS) is 1. The Kier molecular flexibility index (Phi) is 8.32. The Hall–Kier alpha value is -2.57. The smallest absolute Gasteiger partial charge is 0.317 e. The first-order chi connectivity index (χ1) is 11.4. The Bertz CT molecular complexity index is 548. The largest absolute Gasteiger partial charge is 0.481 e. The predicted molar refractivity (Wildman–Crippen MR) is 90.4 cm³/mol. The zero-order valence-corrected chi connectivity index (χ0v) is 14.1. The second-order valence-electron chi connectivity index (χ2n) is 5.72. The van der Waals surface area contributed by atoms with Crippen LogP contribution < -0.4 is 10.6 Å². The molecule has 0 saturated heterocycles. The molecule has 3 N–H and O–H groups in total. The van der Waals surface area contributed by atoms with Gasteiger partial charge in [0, 0.05) is 39.0 Å². The topological polar surface area (TPSA) is 98.7 Å². The van der Waals surface area contributed by atoms with E-state index in [1.54, 1.807) is 18.9 Å². The molecule has 1 rings (SSSR count). The van der Waals surface area contributed by atoms with Crippen molar-refractivity contribution in [2.45, 2.75) is 38.8 Å². The predicted octanol–water partition coefficient (Wildman–Crippen LogP) is 1.59. The third-order valence-corrected chi connectivity index (χ3v) is 3.44. The lowest BCUT2D eigenvalue weighted by Gasteiger charge is -2.18. The standard InChI is InChI=1S/C17H25N3O4/c1-13(8-9-16(22)23)19-15(21)10-11-18-17(24)20(2)12-14-6-4-3-5-7-14/h3-7,13H,8-12H2,1-2H3,(H,18,24)(H,19,21)(H,22,23). The Morgan fingerprint density at radius 2 is 1.83 bits per heavy atom. The van der Waals surface area contributed by atoms with E-state index in [0.717, 1.165) is 5.56 Å². The van der Waals surface area contributed by atoms with Crippen molar-refractivity contribution in [3.8, 4) is 0 Å². The monoisotopic (exact) mass is 335 g/mol. The molecule has 0 aromatic heterocycles. The van der Waals surface area contributed by atoms with Crippen molar-refractivity contribution in [3.63, 3.8) is 0 Å². The molecule has 3 amide bonds. The van der Waals surface area contributed by atoms with Gasteiger partial charge < -0.3 is 20.6 Å². The first-order valence-corrected chi connectivity index (χ1v) is 7.92. The normalized spacial score (nSPS) is 11.4. The molecule has 24 heavy (non-hydrogen) atoms. The molecule has 7 heteroatoms. The molecule has 0 saturated carbocycles. The van der Waals surface area contributed by atoms with Crippen molar-refractivity contribution in [3.05, 3.63) is 35.9 Å². The molecule has 1 atom stereocenters. The lowest BCUT2D eigenvalue weighted by atomic mass is 10.2. The van der Waals surface area contributed by atoms with Crippen LogP contribution in [-0.4, -0.2) is 47.5 Å². The number of carbonyl (C=O) groups is 3. The highest BCUT2D eigenvalue weighted by Crippen LogP contribution is 2.02. The van der Waals surface area contributed by atoms with Gasteiger partial charge in [-0.05, 0) is 18.9 Å². The summed E-state index contributed by atoms with van der Waals surface area (Å²) in [7, 11) is 1.69. The van der Waals surface area contributed by atoms with E-state index >= 15 is 0 Å². The number of urea groups is 1. The van der Waals surface area contributed by atoms with Crippen molar-refractivity contribution < 1.29 is 19.5 Å². The zero-order chi connectivity index (χ0) is 17.9. The van der Waals surface area contributed by atoms with Gasteiger partial charge in [-0.15, -0.1) is 0 Å². The number of carboxylic acids is 1. The van der Waals surface area contributed by atoms with Crippen LogP contribution in [0, 0.1) is 0 Å². The third-order valence-electron chi connectivity index (χ3n) is 3.44. The molecule has 0 radical (unpaired) electrons. The number of aliphatic carboxylic acids is 1. The van der Waals surface area contributed by atoms with Crippen LogP contribution in [0.1, 0.15) is 31.7 Å². The maximum atomic E-state index is 11.9. The fourth-order valence-corrected chi connectivity index (χ4v) is 2.11. The summed E-state index contributed by atoms with van der Waals surface area (Å²) >= 11 is 0. The first-order valence-electron chi connectivity index (χ1n) is 7.92.